The molecule has 3 amide bonds. The normalized spacial score (nSPS) is 12.3. The van der Waals surface area contributed by atoms with Crippen molar-refractivity contribution in [2.24, 2.45) is 0 Å². The highest BCUT2D eigenvalue weighted by Gasteiger charge is 2.31. The van der Waals surface area contributed by atoms with Gasteiger partial charge < -0.3 is 16.0 Å². The van der Waals surface area contributed by atoms with Crippen molar-refractivity contribution < 1.29 is 27.6 Å². The van der Waals surface area contributed by atoms with E-state index in [1.165, 1.54) is 11.8 Å². The minimum absolute atomic E-state index is 0.0146. The highest BCUT2D eigenvalue weighted by molar-refractivity contribution is 8.00. The maximum absolute atomic E-state index is 13.2. The zero-order valence-corrected chi connectivity index (χ0v) is 24.2. The fourth-order valence-electron chi connectivity index (χ4n) is 3.76. The van der Waals surface area contributed by atoms with Gasteiger partial charge in [0, 0.05) is 16.1 Å². The largest absolute Gasteiger partial charge is 0.416 e. The van der Waals surface area contributed by atoms with Crippen LogP contribution in [-0.2, 0) is 15.8 Å². The molecule has 0 aliphatic rings. The van der Waals surface area contributed by atoms with Crippen molar-refractivity contribution in [1.82, 2.24) is 5.32 Å². The number of carbonyl (C=O) groups excluding carboxylic acids is 3. The van der Waals surface area contributed by atoms with Crippen LogP contribution in [0.4, 0.5) is 24.5 Å². The first kappa shape index (κ1) is 31.4. The summed E-state index contributed by atoms with van der Waals surface area (Å²) in [6, 6.07) is 26.9. The lowest BCUT2D eigenvalue weighted by molar-refractivity contribution is -0.137. The van der Waals surface area contributed by atoms with E-state index in [9.17, 15) is 27.6 Å². The van der Waals surface area contributed by atoms with Crippen LogP contribution in [0.3, 0.4) is 0 Å². The average Bonchev–Trinajstić information content (AvgIpc) is 2.99. The van der Waals surface area contributed by atoms with Gasteiger partial charge in [0.2, 0.25) is 5.91 Å². The van der Waals surface area contributed by atoms with Crippen molar-refractivity contribution in [3.05, 3.63) is 131 Å². The van der Waals surface area contributed by atoms with E-state index in [2.05, 4.69) is 16.0 Å². The van der Waals surface area contributed by atoms with E-state index in [4.69, 9.17) is 11.6 Å². The number of halogens is 4. The maximum atomic E-state index is 13.2. The molecule has 4 rings (SSSR count). The number of carbonyl (C=O) groups is 3. The molecule has 0 bridgehead atoms. The van der Waals surface area contributed by atoms with E-state index in [-0.39, 0.29) is 16.4 Å². The summed E-state index contributed by atoms with van der Waals surface area (Å²) in [5, 5.41) is 7.19. The summed E-state index contributed by atoms with van der Waals surface area (Å²) in [6.45, 7) is 1.60. The Morgan fingerprint density at radius 1 is 0.837 bits per heavy atom. The van der Waals surface area contributed by atoms with Crippen molar-refractivity contribution in [2.45, 2.75) is 23.2 Å². The second-order valence-corrected chi connectivity index (χ2v) is 11.0. The first-order chi connectivity index (χ1) is 20.5. The minimum atomic E-state index is -4.58. The molecule has 0 fully saturated rings. The number of nitrogens with one attached hydrogen (secondary N) is 3. The lowest BCUT2D eigenvalue weighted by Gasteiger charge is -2.15. The van der Waals surface area contributed by atoms with Gasteiger partial charge in [-0.2, -0.15) is 13.2 Å². The van der Waals surface area contributed by atoms with Gasteiger partial charge in [-0.1, -0.05) is 60.1 Å². The van der Waals surface area contributed by atoms with Crippen LogP contribution in [0.2, 0.25) is 5.02 Å². The number of thioether (sulfide) groups is 1. The average molecular weight is 624 g/mol. The molecular formula is C32H25ClF3N3O3S. The lowest BCUT2D eigenvalue weighted by Crippen LogP contribution is -2.30. The van der Waals surface area contributed by atoms with Crippen molar-refractivity contribution in [2.75, 3.05) is 10.6 Å². The van der Waals surface area contributed by atoms with Crippen LogP contribution in [0.5, 0.6) is 0 Å². The number of alkyl halides is 3. The third-order valence-electron chi connectivity index (χ3n) is 5.99. The fraction of sp³-hybridized carbons (Fsp3) is 0.0938. The number of rotatable bonds is 9. The van der Waals surface area contributed by atoms with Gasteiger partial charge in [0.1, 0.15) is 5.70 Å². The van der Waals surface area contributed by atoms with E-state index in [0.717, 1.165) is 18.2 Å². The van der Waals surface area contributed by atoms with Gasteiger partial charge in [0.15, 0.2) is 0 Å². The van der Waals surface area contributed by atoms with Crippen molar-refractivity contribution >= 4 is 58.5 Å². The molecule has 43 heavy (non-hydrogen) atoms. The van der Waals surface area contributed by atoms with Crippen molar-refractivity contribution in [3.63, 3.8) is 0 Å². The quantitative estimate of drug-likeness (QED) is 0.131. The molecule has 0 heterocycles. The summed E-state index contributed by atoms with van der Waals surface area (Å²) in [4.78, 5) is 39.3. The third-order valence-corrected chi connectivity index (χ3v) is 7.43. The molecule has 0 aliphatic heterocycles. The molecule has 220 valence electrons. The smallest absolute Gasteiger partial charge is 0.324 e. The molecule has 0 spiro atoms. The fourth-order valence-corrected chi connectivity index (χ4v) is 4.80. The Bertz CT molecular complexity index is 1630. The highest BCUT2D eigenvalue weighted by atomic mass is 35.5. The standard InChI is InChI=1S/C32H25ClF3N3O3S/c1-20(29(40)38-27-19-23(32(34,35)36)12-17-26(27)33)43-25-15-13-24(14-16-25)37-31(42)28(18-21-8-4-2-5-9-21)39-30(41)22-10-6-3-7-11-22/h2-20H,1H3,(H,37,42)(H,38,40)(H,39,41)/b28-18-. The molecule has 0 aromatic heterocycles. The van der Waals surface area contributed by atoms with E-state index in [1.54, 1.807) is 79.7 Å². The summed E-state index contributed by atoms with van der Waals surface area (Å²) in [5.41, 5.74) is 0.528. The Balaban J connectivity index is 1.41. The second kappa shape index (κ2) is 14.1. The molecule has 3 N–H and O–H groups in total. The van der Waals surface area contributed by atoms with Gasteiger partial charge in [0.25, 0.3) is 11.8 Å². The monoisotopic (exact) mass is 623 g/mol. The topological polar surface area (TPSA) is 87.3 Å². The second-order valence-electron chi connectivity index (χ2n) is 9.21. The van der Waals surface area contributed by atoms with E-state index in [1.807, 2.05) is 18.2 Å². The molecule has 4 aromatic rings. The van der Waals surface area contributed by atoms with E-state index < -0.39 is 34.7 Å². The van der Waals surface area contributed by atoms with Crippen LogP contribution >= 0.6 is 23.4 Å². The molecule has 1 atom stereocenters. The van der Waals surface area contributed by atoms with E-state index >= 15 is 0 Å². The van der Waals surface area contributed by atoms with E-state index in [0.29, 0.717) is 21.7 Å². The molecule has 0 aliphatic carbocycles. The highest BCUT2D eigenvalue weighted by Crippen LogP contribution is 2.34. The van der Waals surface area contributed by atoms with Crippen LogP contribution in [0, 0.1) is 0 Å². The number of hydrogen-bond donors (Lipinski definition) is 3. The number of amides is 3. The predicted octanol–water partition coefficient (Wildman–Crippen LogP) is 7.89. The Morgan fingerprint density at radius 2 is 1.47 bits per heavy atom. The molecule has 6 nitrogen and oxygen atoms in total. The molecule has 4 aromatic carbocycles. The lowest BCUT2D eigenvalue weighted by atomic mass is 10.1. The van der Waals surface area contributed by atoms with Gasteiger partial charge in [0.05, 0.1) is 21.5 Å². The van der Waals surface area contributed by atoms with Gasteiger partial charge in [-0.15, -0.1) is 11.8 Å². The molecule has 11 heteroatoms. The Morgan fingerprint density at radius 3 is 2.09 bits per heavy atom. The Kier molecular flexibility index (Phi) is 10.3. The predicted molar refractivity (Wildman–Crippen MR) is 164 cm³/mol. The molecule has 0 radical (unpaired) electrons. The molecule has 0 saturated carbocycles. The summed E-state index contributed by atoms with van der Waals surface area (Å²) in [5.74, 6) is -1.52. The van der Waals surface area contributed by atoms with Gasteiger partial charge in [-0.3, -0.25) is 14.4 Å². The Labute approximate surface area is 255 Å². The number of anilines is 2. The van der Waals surface area contributed by atoms with Gasteiger partial charge >= 0.3 is 6.18 Å². The summed E-state index contributed by atoms with van der Waals surface area (Å²) in [6.07, 6.45) is -3.01. The zero-order chi connectivity index (χ0) is 31.0. The van der Waals surface area contributed by atoms with Crippen LogP contribution in [0.15, 0.2) is 114 Å². The number of hydrogen-bond acceptors (Lipinski definition) is 4. The summed E-state index contributed by atoms with van der Waals surface area (Å²) in [7, 11) is 0. The van der Waals surface area contributed by atoms with Crippen LogP contribution in [-0.4, -0.2) is 23.0 Å². The number of benzene rings is 4. The minimum Gasteiger partial charge on any atom is -0.324 e. The van der Waals surface area contributed by atoms with Crippen molar-refractivity contribution in [3.8, 4) is 0 Å². The summed E-state index contributed by atoms with van der Waals surface area (Å²) < 4.78 is 39.2. The zero-order valence-electron chi connectivity index (χ0n) is 22.6. The molecule has 1 unspecified atom stereocenters. The molecule has 0 saturated heterocycles. The summed E-state index contributed by atoms with van der Waals surface area (Å²) >= 11 is 7.16. The van der Waals surface area contributed by atoms with Crippen LogP contribution in [0.25, 0.3) is 6.08 Å². The first-order valence-electron chi connectivity index (χ1n) is 12.9. The van der Waals surface area contributed by atoms with Gasteiger partial charge in [-0.05, 0) is 73.2 Å². The van der Waals surface area contributed by atoms with Gasteiger partial charge in [-0.25, -0.2) is 0 Å². The third kappa shape index (κ3) is 8.97. The van der Waals surface area contributed by atoms with Crippen LogP contribution in [0.1, 0.15) is 28.4 Å². The first-order valence-corrected chi connectivity index (χ1v) is 14.1. The Hall–Kier alpha value is -4.54. The van der Waals surface area contributed by atoms with Crippen LogP contribution < -0.4 is 16.0 Å². The molecular weight excluding hydrogens is 599 g/mol. The SMILES string of the molecule is CC(Sc1ccc(NC(=O)/C(=C/c2ccccc2)NC(=O)c2ccccc2)cc1)C(=O)Nc1cc(C(F)(F)F)ccc1Cl. The van der Waals surface area contributed by atoms with Crippen molar-refractivity contribution in [1.29, 1.82) is 0 Å². The maximum Gasteiger partial charge on any atom is 0.416 e.